The van der Waals surface area contributed by atoms with Crippen LogP contribution in [0.4, 0.5) is 0 Å². The van der Waals surface area contributed by atoms with Gasteiger partial charge in [0.1, 0.15) is 0 Å². The smallest absolute Gasteiger partial charge is 0.237 e. The molecule has 1 amide bonds. The van der Waals surface area contributed by atoms with Gasteiger partial charge in [-0.3, -0.25) is 9.69 Å². The highest BCUT2D eigenvalue weighted by Crippen LogP contribution is 2.27. The Morgan fingerprint density at radius 3 is 2.83 bits per heavy atom. The van der Waals surface area contributed by atoms with Crippen LogP contribution in [0.2, 0.25) is 0 Å². The summed E-state index contributed by atoms with van der Waals surface area (Å²) in [6, 6.07) is 8.20. The third-order valence-electron chi connectivity index (χ3n) is 4.64. The van der Waals surface area contributed by atoms with Crippen molar-refractivity contribution < 1.29 is 15.0 Å². The highest BCUT2D eigenvalue weighted by atomic mass is 16.3. The van der Waals surface area contributed by atoms with Gasteiger partial charge < -0.3 is 20.1 Å². The van der Waals surface area contributed by atoms with Gasteiger partial charge >= 0.3 is 0 Å². The predicted octanol–water partition coefficient (Wildman–Crippen LogP) is 0.729. The first-order chi connectivity index (χ1) is 11.7. The highest BCUT2D eigenvalue weighted by molar-refractivity contribution is 5.86. The minimum Gasteiger partial charge on any atom is -0.396 e. The number of hydrogen-bond donors (Lipinski definition) is 3. The number of benzene rings is 1. The molecule has 0 spiro atoms. The number of H-pyrrole nitrogens is 1. The molecule has 0 bridgehead atoms. The standard InChI is InChI=1S/C18H25N3O3/c22-10-3-7-20(9-11-23)13-18(24)21-8-6-17-15(12-21)14-4-1-2-5-16(14)19-17/h1-2,4-5,19,22-23H,3,6-13H2. The monoisotopic (exact) mass is 331 g/mol. The van der Waals surface area contributed by atoms with Gasteiger partial charge in [-0.1, -0.05) is 18.2 Å². The Bertz CT molecular complexity index is 698. The lowest BCUT2D eigenvalue weighted by molar-refractivity contribution is -0.133. The Kier molecular flexibility index (Phi) is 5.50. The van der Waals surface area contributed by atoms with Crippen molar-refractivity contribution in [2.75, 3.05) is 39.4 Å². The molecule has 1 aromatic carbocycles. The van der Waals surface area contributed by atoms with Crippen LogP contribution >= 0.6 is 0 Å². The molecule has 1 aliphatic heterocycles. The first-order valence-corrected chi connectivity index (χ1v) is 8.53. The van der Waals surface area contributed by atoms with Gasteiger partial charge in [-0.05, 0) is 12.5 Å². The molecule has 6 nitrogen and oxygen atoms in total. The molecule has 1 aliphatic rings. The van der Waals surface area contributed by atoms with E-state index in [1.165, 1.54) is 16.6 Å². The number of aliphatic hydroxyl groups is 2. The lowest BCUT2D eigenvalue weighted by atomic mass is 10.0. The maximum atomic E-state index is 12.6. The van der Waals surface area contributed by atoms with E-state index in [1.807, 2.05) is 21.9 Å². The first kappa shape index (κ1) is 17.0. The second-order valence-corrected chi connectivity index (χ2v) is 6.27. The summed E-state index contributed by atoms with van der Waals surface area (Å²) in [5.74, 6) is 0.0809. The number of nitrogens with one attached hydrogen (secondary N) is 1. The number of nitrogens with zero attached hydrogens (tertiary/aromatic N) is 2. The zero-order valence-electron chi connectivity index (χ0n) is 13.9. The van der Waals surface area contributed by atoms with E-state index >= 15 is 0 Å². The Labute approximate surface area is 141 Å². The molecule has 2 aromatic rings. The van der Waals surface area contributed by atoms with Gasteiger partial charge in [0.15, 0.2) is 0 Å². The number of carbonyl (C=O) groups excluding carboxylic acids is 1. The third kappa shape index (κ3) is 3.61. The Morgan fingerprint density at radius 2 is 2.04 bits per heavy atom. The van der Waals surface area contributed by atoms with Crippen molar-refractivity contribution in [1.82, 2.24) is 14.8 Å². The molecule has 0 saturated carbocycles. The SMILES string of the molecule is O=C(CN(CCO)CCCO)N1CCc2[nH]c3ccccc3c2C1. The maximum Gasteiger partial charge on any atom is 0.237 e. The average Bonchev–Trinajstić information content (AvgIpc) is 2.97. The number of aromatic amines is 1. The number of fused-ring (bicyclic) bond motifs is 3. The van der Waals surface area contributed by atoms with Crippen molar-refractivity contribution >= 4 is 16.8 Å². The second kappa shape index (κ2) is 7.79. The van der Waals surface area contributed by atoms with Crippen molar-refractivity contribution in [3.05, 3.63) is 35.5 Å². The number of aromatic nitrogens is 1. The van der Waals surface area contributed by atoms with E-state index in [1.54, 1.807) is 0 Å². The lowest BCUT2D eigenvalue weighted by Crippen LogP contribution is -2.43. The normalized spacial score (nSPS) is 14.4. The van der Waals surface area contributed by atoms with Crippen LogP contribution in [-0.4, -0.2) is 70.3 Å². The van der Waals surface area contributed by atoms with E-state index in [4.69, 9.17) is 10.2 Å². The van der Waals surface area contributed by atoms with E-state index in [-0.39, 0.29) is 25.7 Å². The summed E-state index contributed by atoms with van der Waals surface area (Å²) in [7, 11) is 0. The van der Waals surface area contributed by atoms with Crippen LogP contribution < -0.4 is 0 Å². The molecule has 3 N–H and O–H groups in total. The second-order valence-electron chi connectivity index (χ2n) is 6.27. The van der Waals surface area contributed by atoms with Crippen LogP contribution in [0.3, 0.4) is 0 Å². The number of hydrogen-bond acceptors (Lipinski definition) is 4. The molecule has 24 heavy (non-hydrogen) atoms. The summed E-state index contributed by atoms with van der Waals surface area (Å²) in [5.41, 5.74) is 3.57. The van der Waals surface area contributed by atoms with Gasteiger partial charge in [0.2, 0.25) is 5.91 Å². The fourth-order valence-electron chi connectivity index (χ4n) is 3.38. The van der Waals surface area contributed by atoms with E-state index in [2.05, 4.69) is 17.1 Å². The highest BCUT2D eigenvalue weighted by Gasteiger charge is 2.24. The van der Waals surface area contributed by atoms with E-state index < -0.39 is 0 Å². The van der Waals surface area contributed by atoms with Crippen LogP contribution in [0.5, 0.6) is 0 Å². The summed E-state index contributed by atoms with van der Waals surface area (Å²) in [5, 5.41) is 19.3. The minimum absolute atomic E-state index is 0.0192. The van der Waals surface area contributed by atoms with E-state index in [0.717, 1.165) is 11.9 Å². The molecule has 0 atom stereocenters. The van der Waals surface area contributed by atoms with Crippen molar-refractivity contribution in [3.63, 3.8) is 0 Å². The summed E-state index contributed by atoms with van der Waals surface area (Å²) in [6.45, 7) is 2.83. The van der Waals surface area contributed by atoms with Gasteiger partial charge in [-0.2, -0.15) is 0 Å². The van der Waals surface area contributed by atoms with Gasteiger partial charge in [-0.15, -0.1) is 0 Å². The van der Waals surface area contributed by atoms with Crippen LogP contribution in [0, 0.1) is 0 Å². The van der Waals surface area contributed by atoms with Crippen LogP contribution in [0.1, 0.15) is 17.7 Å². The molecule has 6 heteroatoms. The summed E-state index contributed by atoms with van der Waals surface area (Å²) < 4.78 is 0. The molecular formula is C18H25N3O3. The van der Waals surface area contributed by atoms with Gasteiger partial charge in [0.25, 0.3) is 0 Å². The molecule has 0 fully saturated rings. The molecule has 0 saturated heterocycles. The molecule has 0 radical (unpaired) electrons. The zero-order chi connectivity index (χ0) is 16.9. The van der Waals surface area contributed by atoms with Crippen molar-refractivity contribution in [2.24, 2.45) is 0 Å². The fraction of sp³-hybridized carbons (Fsp3) is 0.500. The zero-order valence-corrected chi connectivity index (χ0v) is 13.9. The van der Waals surface area contributed by atoms with Crippen LogP contribution in [0.15, 0.2) is 24.3 Å². The Balaban J connectivity index is 1.68. The molecule has 0 unspecified atom stereocenters. The molecule has 130 valence electrons. The van der Waals surface area contributed by atoms with Crippen molar-refractivity contribution in [3.8, 4) is 0 Å². The van der Waals surface area contributed by atoms with Crippen LogP contribution in [-0.2, 0) is 17.8 Å². The van der Waals surface area contributed by atoms with E-state index in [9.17, 15) is 4.79 Å². The van der Waals surface area contributed by atoms with Gasteiger partial charge in [0, 0.05) is 61.4 Å². The predicted molar refractivity (Wildman–Crippen MR) is 92.6 cm³/mol. The number of carbonyl (C=O) groups is 1. The lowest BCUT2D eigenvalue weighted by Gasteiger charge is -2.30. The fourth-order valence-corrected chi connectivity index (χ4v) is 3.38. The minimum atomic E-state index is 0.0192. The maximum absolute atomic E-state index is 12.6. The molecular weight excluding hydrogens is 306 g/mol. The third-order valence-corrected chi connectivity index (χ3v) is 4.64. The number of rotatable bonds is 7. The summed E-state index contributed by atoms with van der Waals surface area (Å²) >= 11 is 0. The van der Waals surface area contributed by atoms with Crippen molar-refractivity contribution in [2.45, 2.75) is 19.4 Å². The average molecular weight is 331 g/mol. The number of aliphatic hydroxyl groups excluding tert-OH is 2. The molecule has 0 aliphatic carbocycles. The number of para-hydroxylation sites is 1. The quantitative estimate of drug-likeness (QED) is 0.699. The summed E-state index contributed by atoms with van der Waals surface area (Å²) in [4.78, 5) is 19.9. The van der Waals surface area contributed by atoms with Gasteiger partial charge in [-0.25, -0.2) is 0 Å². The molecule has 3 rings (SSSR count). The first-order valence-electron chi connectivity index (χ1n) is 8.53. The topological polar surface area (TPSA) is 79.8 Å². The number of amides is 1. The Morgan fingerprint density at radius 1 is 1.21 bits per heavy atom. The van der Waals surface area contributed by atoms with Crippen LogP contribution in [0.25, 0.3) is 10.9 Å². The largest absolute Gasteiger partial charge is 0.396 e. The summed E-state index contributed by atoms with van der Waals surface area (Å²) in [6.07, 6.45) is 1.45. The molecule has 2 heterocycles. The van der Waals surface area contributed by atoms with Crippen molar-refractivity contribution in [1.29, 1.82) is 0 Å². The molecule has 1 aromatic heterocycles. The van der Waals surface area contributed by atoms with Gasteiger partial charge in [0.05, 0.1) is 13.2 Å². The Hall–Kier alpha value is -1.89. The van der Waals surface area contributed by atoms with E-state index in [0.29, 0.717) is 32.6 Å².